The van der Waals surface area contributed by atoms with Gasteiger partial charge in [0.2, 0.25) is 0 Å². The van der Waals surface area contributed by atoms with Crippen LogP contribution in [-0.4, -0.2) is 23.9 Å². The van der Waals surface area contributed by atoms with Crippen LogP contribution in [0, 0.1) is 11.3 Å². The number of nitrogens with one attached hydrogen (secondary N) is 1. The van der Waals surface area contributed by atoms with Crippen LogP contribution in [0.1, 0.15) is 25.3 Å². The molecule has 1 aromatic rings. The summed E-state index contributed by atoms with van der Waals surface area (Å²) < 4.78 is 0. The van der Waals surface area contributed by atoms with Gasteiger partial charge in [-0.05, 0) is 23.6 Å². The molecule has 0 radical (unpaired) electrons. The number of carbonyl (C=O) groups excluding carboxylic acids is 1. The second kappa shape index (κ2) is 9.26. The van der Waals surface area contributed by atoms with Crippen LogP contribution >= 0.6 is 0 Å². The Hall–Kier alpha value is -2.80. The van der Waals surface area contributed by atoms with Crippen LogP contribution in [0.2, 0.25) is 0 Å². The molecule has 0 spiro atoms. The first kappa shape index (κ1) is 18.2. The summed E-state index contributed by atoms with van der Waals surface area (Å²) >= 11 is 0. The van der Waals surface area contributed by atoms with E-state index in [9.17, 15) is 10.1 Å². The van der Waals surface area contributed by atoms with Crippen molar-refractivity contribution >= 4 is 11.6 Å². The van der Waals surface area contributed by atoms with E-state index in [2.05, 4.69) is 32.3 Å². The van der Waals surface area contributed by atoms with Gasteiger partial charge in [-0.3, -0.25) is 4.79 Å². The highest BCUT2D eigenvalue weighted by atomic mass is 16.1. The highest BCUT2D eigenvalue weighted by molar-refractivity contribution is 6.06. The number of benzene rings is 1. The van der Waals surface area contributed by atoms with E-state index in [-0.39, 0.29) is 5.57 Å². The largest absolute Gasteiger partial charge is 0.369 e. The van der Waals surface area contributed by atoms with Gasteiger partial charge in [0.05, 0.1) is 0 Å². The van der Waals surface area contributed by atoms with Crippen molar-refractivity contribution in [2.45, 2.75) is 19.8 Å². The maximum absolute atomic E-state index is 12.2. The Labute approximate surface area is 138 Å². The van der Waals surface area contributed by atoms with Crippen LogP contribution in [0.25, 0.3) is 0 Å². The second-order valence-electron chi connectivity index (χ2n) is 5.42. The normalized spacial score (nSPS) is 10.8. The van der Waals surface area contributed by atoms with Crippen LogP contribution in [-0.2, 0) is 4.79 Å². The summed E-state index contributed by atoms with van der Waals surface area (Å²) in [4.78, 5) is 14.0. The Morgan fingerprint density at radius 2 is 1.83 bits per heavy atom. The van der Waals surface area contributed by atoms with Gasteiger partial charge in [-0.2, -0.15) is 5.26 Å². The quantitative estimate of drug-likeness (QED) is 0.451. The van der Waals surface area contributed by atoms with Gasteiger partial charge in [0.1, 0.15) is 11.6 Å². The first-order valence-corrected chi connectivity index (χ1v) is 7.50. The van der Waals surface area contributed by atoms with Gasteiger partial charge in [0.15, 0.2) is 0 Å². The van der Waals surface area contributed by atoms with Crippen LogP contribution in [0.5, 0.6) is 0 Å². The average molecular weight is 309 g/mol. The molecule has 4 nitrogen and oxygen atoms in total. The van der Waals surface area contributed by atoms with Crippen molar-refractivity contribution in [3.8, 4) is 6.07 Å². The molecule has 0 saturated carbocycles. The molecule has 0 atom stereocenters. The molecule has 4 heteroatoms. The molecule has 120 valence electrons. The molecule has 1 N–H and O–H groups in total. The Morgan fingerprint density at radius 1 is 1.26 bits per heavy atom. The summed E-state index contributed by atoms with van der Waals surface area (Å²) in [5.74, 6) is 0.00334. The Bertz CT molecular complexity index is 611. The summed E-state index contributed by atoms with van der Waals surface area (Å²) in [6.07, 6.45) is 4.94. The molecular formula is C19H23N3O. The third-order valence-corrected chi connectivity index (χ3v) is 3.24. The molecule has 0 aliphatic heterocycles. The molecule has 1 amide bonds. The smallest absolute Gasteiger partial charge is 0.267 e. The highest BCUT2D eigenvalue weighted by Crippen LogP contribution is 2.17. The average Bonchev–Trinajstić information content (AvgIpc) is 2.53. The molecule has 1 aromatic carbocycles. The minimum absolute atomic E-state index is 0.0432. The maximum atomic E-state index is 12.2. The fourth-order valence-electron chi connectivity index (χ4n) is 1.98. The van der Waals surface area contributed by atoms with Crippen molar-refractivity contribution in [2.24, 2.45) is 0 Å². The van der Waals surface area contributed by atoms with Gasteiger partial charge < -0.3 is 10.2 Å². The van der Waals surface area contributed by atoms with Crippen molar-refractivity contribution in [1.29, 1.82) is 5.26 Å². The van der Waals surface area contributed by atoms with Crippen molar-refractivity contribution < 1.29 is 4.79 Å². The molecule has 0 heterocycles. The molecule has 23 heavy (non-hydrogen) atoms. The van der Waals surface area contributed by atoms with Gasteiger partial charge in [0.25, 0.3) is 5.91 Å². The van der Waals surface area contributed by atoms with E-state index in [1.807, 2.05) is 30.3 Å². The fourth-order valence-corrected chi connectivity index (χ4v) is 1.98. The molecule has 0 bridgehead atoms. The van der Waals surface area contributed by atoms with Gasteiger partial charge in [-0.15, -0.1) is 13.2 Å². The molecule has 0 aliphatic rings. The zero-order valence-electron chi connectivity index (χ0n) is 13.7. The standard InChI is InChI=1S/C19H23N3O/c1-5-11-22(12-6-2)14-17(13-20)19(23)21-18-9-7-16(8-10-18)15(3)4/h5-10,14-15H,1-2,11-12H2,3-4H3,(H,21,23)/b17-14-. The van der Waals surface area contributed by atoms with E-state index in [0.29, 0.717) is 24.7 Å². The first-order chi connectivity index (χ1) is 11.0. The number of nitrogens with zero attached hydrogens (tertiary/aromatic N) is 2. The molecule has 0 unspecified atom stereocenters. The third kappa shape index (κ3) is 5.84. The Morgan fingerprint density at radius 3 is 2.26 bits per heavy atom. The van der Waals surface area contributed by atoms with Crippen LogP contribution < -0.4 is 5.32 Å². The van der Waals surface area contributed by atoms with Crippen molar-refractivity contribution in [3.05, 3.63) is 66.9 Å². The van der Waals surface area contributed by atoms with Crippen molar-refractivity contribution in [1.82, 2.24) is 4.90 Å². The minimum Gasteiger partial charge on any atom is -0.369 e. The summed E-state index contributed by atoms with van der Waals surface area (Å²) in [7, 11) is 0. The number of nitriles is 1. The number of amides is 1. The zero-order valence-corrected chi connectivity index (χ0v) is 13.7. The number of anilines is 1. The van der Waals surface area contributed by atoms with E-state index in [1.165, 1.54) is 11.8 Å². The molecular weight excluding hydrogens is 286 g/mol. The molecule has 0 aromatic heterocycles. The zero-order chi connectivity index (χ0) is 17.2. The highest BCUT2D eigenvalue weighted by Gasteiger charge is 2.11. The van der Waals surface area contributed by atoms with E-state index in [1.54, 1.807) is 17.1 Å². The van der Waals surface area contributed by atoms with Gasteiger partial charge in [-0.25, -0.2) is 0 Å². The van der Waals surface area contributed by atoms with Gasteiger partial charge in [0, 0.05) is 25.0 Å². The molecule has 0 aliphatic carbocycles. The maximum Gasteiger partial charge on any atom is 0.267 e. The number of hydrogen-bond acceptors (Lipinski definition) is 3. The van der Waals surface area contributed by atoms with Crippen LogP contribution in [0.4, 0.5) is 5.69 Å². The second-order valence-corrected chi connectivity index (χ2v) is 5.42. The fraction of sp³-hybridized carbons (Fsp3) is 0.263. The van der Waals surface area contributed by atoms with E-state index in [0.717, 1.165) is 0 Å². The monoisotopic (exact) mass is 309 g/mol. The lowest BCUT2D eigenvalue weighted by atomic mass is 10.0. The summed E-state index contributed by atoms with van der Waals surface area (Å²) in [6, 6.07) is 9.56. The lowest BCUT2D eigenvalue weighted by molar-refractivity contribution is -0.112. The Kier molecular flexibility index (Phi) is 7.35. The molecule has 0 fully saturated rings. The van der Waals surface area contributed by atoms with Gasteiger partial charge in [-0.1, -0.05) is 38.1 Å². The minimum atomic E-state index is -0.428. The summed E-state index contributed by atoms with van der Waals surface area (Å²) in [5.41, 5.74) is 1.91. The molecule has 1 rings (SSSR count). The van der Waals surface area contributed by atoms with E-state index in [4.69, 9.17) is 0 Å². The lowest BCUT2D eigenvalue weighted by Gasteiger charge is -2.16. The van der Waals surface area contributed by atoms with Crippen molar-refractivity contribution in [3.63, 3.8) is 0 Å². The van der Waals surface area contributed by atoms with E-state index >= 15 is 0 Å². The van der Waals surface area contributed by atoms with E-state index < -0.39 is 5.91 Å². The summed E-state index contributed by atoms with van der Waals surface area (Å²) in [6.45, 7) is 12.6. The predicted molar refractivity (Wildman–Crippen MR) is 94.8 cm³/mol. The number of carbonyl (C=O) groups is 1. The Balaban J connectivity index is 2.85. The summed E-state index contributed by atoms with van der Waals surface area (Å²) in [5, 5.41) is 12.0. The van der Waals surface area contributed by atoms with Gasteiger partial charge >= 0.3 is 0 Å². The third-order valence-electron chi connectivity index (χ3n) is 3.24. The molecule has 0 saturated heterocycles. The van der Waals surface area contributed by atoms with Crippen LogP contribution in [0.15, 0.2) is 61.3 Å². The lowest BCUT2D eigenvalue weighted by Crippen LogP contribution is -2.21. The SMILES string of the molecule is C=CCN(/C=C(/C#N)C(=O)Nc1ccc(C(C)C)cc1)CC=C. The topological polar surface area (TPSA) is 56.1 Å². The van der Waals surface area contributed by atoms with Crippen molar-refractivity contribution in [2.75, 3.05) is 18.4 Å². The first-order valence-electron chi connectivity index (χ1n) is 7.50. The number of hydrogen-bond donors (Lipinski definition) is 1. The number of rotatable bonds is 8. The predicted octanol–water partition coefficient (Wildman–Crippen LogP) is 3.83. The van der Waals surface area contributed by atoms with Crippen LogP contribution in [0.3, 0.4) is 0 Å².